The molecular formula is C46H65NO7. The summed E-state index contributed by atoms with van der Waals surface area (Å²) >= 11 is 0. The molecule has 4 rings (SSSR count). The molecule has 5 atom stereocenters. The van der Waals surface area contributed by atoms with Crippen molar-refractivity contribution in [2.75, 3.05) is 6.61 Å². The molecule has 54 heavy (non-hydrogen) atoms. The van der Waals surface area contributed by atoms with E-state index in [2.05, 4.69) is 30.1 Å². The van der Waals surface area contributed by atoms with E-state index in [0.717, 1.165) is 92.0 Å². The number of aliphatic carboxylic acids is 1. The van der Waals surface area contributed by atoms with Crippen molar-refractivity contribution in [3.63, 3.8) is 0 Å². The lowest BCUT2D eigenvalue weighted by Crippen LogP contribution is -2.54. The lowest BCUT2D eigenvalue weighted by atomic mass is 9.77. The van der Waals surface area contributed by atoms with Gasteiger partial charge in [-0.2, -0.15) is 0 Å². The monoisotopic (exact) mass is 743 g/mol. The van der Waals surface area contributed by atoms with Gasteiger partial charge in [0.25, 0.3) is 0 Å². The number of aliphatic hydroxyl groups excluding tert-OH is 3. The van der Waals surface area contributed by atoms with Crippen LogP contribution in [-0.4, -0.2) is 73.1 Å². The molecule has 2 aromatic rings. The lowest BCUT2D eigenvalue weighted by Gasteiger charge is -2.38. The van der Waals surface area contributed by atoms with Crippen LogP contribution in [0.4, 0.5) is 0 Å². The van der Waals surface area contributed by atoms with E-state index < -0.39 is 36.4 Å². The third-order valence-corrected chi connectivity index (χ3v) is 11.6. The van der Waals surface area contributed by atoms with Crippen LogP contribution in [-0.2, 0) is 17.6 Å². The molecule has 0 unspecified atom stereocenters. The first-order valence-corrected chi connectivity index (χ1v) is 20.4. The maximum atomic E-state index is 12.3. The minimum absolute atomic E-state index is 0.156. The van der Waals surface area contributed by atoms with Crippen molar-refractivity contribution in [2.24, 2.45) is 5.41 Å². The zero-order chi connectivity index (χ0) is 39.0. The van der Waals surface area contributed by atoms with Crippen molar-refractivity contribution in [3.8, 4) is 17.6 Å². The van der Waals surface area contributed by atoms with Gasteiger partial charge in [-0.1, -0.05) is 106 Å². The molecule has 0 aromatic heterocycles. The highest BCUT2D eigenvalue weighted by atomic mass is 16.4. The fraction of sp³-hybridized carbons (Fsp3) is 0.587. The van der Waals surface area contributed by atoms with Crippen molar-refractivity contribution >= 4 is 5.97 Å². The molecule has 1 fully saturated rings. The molecular weight excluding hydrogens is 679 g/mol. The zero-order valence-corrected chi connectivity index (χ0v) is 32.6. The molecule has 0 amide bonds. The number of carboxylic acid groups (broad SMARTS) is 1. The van der Waals surface area contributed by atoms with Gasteiger partial charge in [-0.15, -0.1) is 0 Å². The highest BCUT2D eigenvalue weighted by Crippen LogP contribution is 2.45. The Balaban J connectivity index is 1.78. The quantitative estimate of drug-likeness (QED) is 0.0577. The third-order valence-electron chi connectivity index (χ3n) is 11.6. The van der Waals surface area contributed by atoms with Gasteiger partial charge in [-0.05, 0) is 104 Å². The number of hydrogen-bond acceptors (Lipinski definition) is 7. The van der Waals surface area contributed by atoms with Gasteiger partial charge in [0.05, 0.1) is 30.8 Å². The Morgan fingerprint density at radius 2 is 1.78 bits per heavy atom. The molecule has 8 heteroatoms. The van der Waals surface area contributed by atoms with Crippen molar-refractivity contribution in [2.45, 2.75) is 159 Å². The SMILES string of the molecule is CCCCC[C@H](O)C=CC1=C(C[C@H](O)CO)[C@H](CCCCC2(CC(=O)O)CCCC2)N[C@@H]([C@@](C)(O)Cc2ccc(O)cc2)CC#Cc2ccccc2CC1. The van der Waals surface area contributed by atoms with Gasteiger partial charge in [-0.25, -0.2) is 0 Å². The zero-order valence-electron chi connectivity index (χ0n) is 32.6. The predicted octanol–water partition coefficient (Wildman–Crippen LogP) is 7.53. The minimum atomic E-state index is -1.27. The number of nitrogens with one attached hydrogen (secondary N) is 1. The van der Waals surface area contributed by atoms with Crippen LogP contribution in [0.1, 0.15) is 133 Å². The standard InChI is InChI=1S/C46H65NO7/c1-3-4-5-16-38(49)26-23-37-22-21-36-14-7-6-13-35(36)15-12-18-43(45(2,54)31-34-19-24-39(50)25-20-34)47-42(41(37)30-40(51)33-48)17-8-9-27-46(32-44(52)53)28-10-11-29-46/h6-7,13-14,19-20,23-26,38,40,42-43,47-51,54H,3-5,8-11,16-18,21-22,27-33H2,1-2H3,(H,52,53)/t38-,40-,42-,43+,45-/m0/s1. The number of fused-ring (bicyclic) bond motifs is 1. The van der Waals surface area contributed by atoms with Crippen molar-refractivity contribution in [1.82, 2.24) is 5.32 Å². The summed E-state index contributed by atoms with van der Waals surface area (Å²) in [5.41, 5.74) is 3.37. The van der Waals surface area contributed by atoms with Crippen LogP contribution in [0.15, 0.2) is 71.8 Å². The van der Waals surface area contributed by atoms with E-state index in [1.54, 1.807) is 12.1 Å². The lowest BCUT2D eigenvalue weighted by molar-refractivity contribution is -0.139. The minimum Gasteiger partial charge on any atom is -0.508 e. The summed E-state index contributed by atoms with van der Waals surface area (Å²) in [6, 6.07) is 14.1. The first-order valence-electron chi connectivity index (χ1n) is 20.4. The van der Waals surface area contributed by atoms with Gasteiger partial charge in [0, 0.05) is 30.5 Å². The van der Waals surface area contributed by atoms with Gasteiger partial charge in [0.1, 0.15) is 5.75 Å². The van der Waals surface area contributed by atoms with Crippen LogP contribution in [0.25, 0.3) is 0 Å². The third kappa shape index (κ3) is 13.7. The number of benzene rings is 2. The van der Waals surface area contributed by atoms with E-state index in [0.29, 0.717) is 38.5 Å². The Kier molecular flexibility index (Phi) is 17.3. The number of unbranched alkanes of at least 4 members (excludes halogenated alkanes) is 3. The van der Waals surface area contributed by atoms with Crippen molar-refractivity contribution in [1.29, 1.82) is 0 Å². The molecule has 2 aromatic carbocycles. The molecule has 0 bridgehead atoms. The Morgan fingerprint density at radius 3 is 2.48 bits per heavy atom. The van der Waals surface area contributed by atoms with Crippen LogP contribution in [0.5, 0.6) is 5.75 Å². The number of allylic oxidation sites excluding steroid dienone is 2. The summed E-state index contributed by atoms with van der Waals surface area (Å²) < 4.78 is 0. The normalized spacial score (nSPS) is 21.3. The van der Waals surface area contributed by atoms with Gasteiger partial charge in [0.15, 0.2) is 0 Å². The van der Waals surface area contributed by atoms with Gasteiger partial charge >= 0.3 is 5.97 Å². The van der Waals surface area contributed by atoms with E-state index in [1.165, 1.54) is 0 Å². The second-order valence-corrected chi connectivity index (χ2v) is 16.2. The summed E-state index contributed by atoms with van der Waals surface area (Å²) in [5, 5.41) is 67.9. The topological polar surface area (TPSA) is 150 Å². The van der Waals surface area contributed by atoms with Crippen LogP contribution >= 0.6 is 0 Å². The molecule has 8 nitrogen and oxygen atoms in total. The van der Waals surface area contributed by atoms with E-state index in [1.807, 2.05) is 49.4 Å². The summed E-state index contributed by atoms with van der Waals surface area (Å²) in [7, 11) is 0. The second kappa shape index (κ2) is 21.6. The summed E-state index contributed by atoms with van der Waals surface area (Å²) in [6.45, 7) is 3.55. The number of carbonyl (C=O) groups is 1. The second-order valence-electron chi connectivity index (χ2n) is 16.2. The Hall–Kier alpha value is -3.45. The number of phenolic OH excluding ortho intramolecular Hbond substituents is 1. The summed E-state index contributed by atoms with van der Waals surface area (Å²) in [4.78, 5) is 11.8. The molecule has 1 heterocycles. The molecule has 7 N–H and O–H groups in total. The van der Waals surface area contributed by atoms with Crippen LogP contribution in [0.2, 0.25) is 0 Å². The van der Waals surface area contributed by atoms with E-state index in [-0.39, 0.29) is 30.0 Å². The fourth-order valence-corrected chi connectivity index (χ4v) is 8.49. The Bertz CT molecular complexity index is 1580. The molecule has 2 aliphatic rings. The van der Waals surface area contributed by atoms with Crippen LogP contribution in [0.3, 0.4) is 0 Å². The van der Waals surface area contributed by atoms with E-state index in [9.17, 15) is 35.4 Å². The average molecular weight is 744 g/mol. The maximum Gasteiger partial charge on any atom is 0.303 e. The van der Waals surface area contributed by atoms with Crippen molar-refractivity contribution in [3.05, 3.63) is 88.5 Å². The van der Waals surface area contributed by atoms with E-state index >= 15 is 0 Å². The number of aliphatic hydroxyl groups is 4. The number of rotatable bonds is 19. The molecule has 0 radical (unpaired) electrons. The largest absolute Gasteiger partial charge is 0.508 e. The molecule has 1 saturated carbocycles. The van der Waals surface area contributed by atoms with Crippen LogP contribution < -0.4 is 5.32 Å². The fourth-order valence-electron chi connectivity index (χ4n) is 8.49. The number of hydrogen-bond donors (Lipinski definition) is 7. The average Bonchev–Trinajstić information content (AvgIpc) is 3.59. The Labute approximate surface area is 323 Å². The van der Waals surface area contributed by atoms with Gasteiger partial charge in [-0.3, -0.25) is 4.79 Å². The number of aromatic hydroxyl groups is 1. The molecule has 0 saturated heterocycles. The molecule has 296 valence electrons. The summed E-state index contributed by atoms with van der Waals surface area (Å²) in [5.74, 6) is 6.19. The first kappa shape index (κ1) is 43.3. The van der Waals surface area contributed by atoms with Gasteiger partial charge < -0.3 is 36.0 Å². The Morgan fingerprint density at radius 1 is 1.04 bits per heavy atom. The molecule has 1 aliphatic carbocycles. The molecule has 0 spiro atoms. The summed E-state index contributed by atoms with van der Waals surface area (Å²) in [6.07, 6.45) is 15.5. The highest BCUT2D eigenvalue weighted by molar-refractivity contribution is 5.67. The maximum absolute atomic E-state index is 12.3. The number of carboxylic acids is 1. The predicted molar refractivity (Wildman–Crippen MR) is 215 cm³/mol. The van der Waals surface area contributed by atoms with E-state index in [4.69, 9.17) is 0 Å². The van der Waals surface area contributed by atoms with Gasteiger partial charge in [0.2, 0.25) is 0 Å². The molecule has 1 aliphatic heterocycles. The smallest absolute Gasteiger partial charge is 0.303 e. The van der Waals surface area contributed by atoms with Crippen LogP contribution in [0, 0.1) is 17.3 Å². The van der Waals surface area contributed by atoms with Crippen molar-refractivity contribution < 1.29 is 35.4 Å². The highest BCUT2D eigenvalue weighted by Gasteiger charge is 2.37. The number of phenols is 1. The number of aryl methyl sites for hydroxylation is 1. The first-order chi connectivity index (χ1) is 25.9.